The zero-order chi connectivity index (χ0) is 11.1. The number of para-hydroxylation sites is 2. The molecule has 1 aromatic rings. The minimum Gasteiger partial charge on any atom is -0.378 e. The maximum absolute atomic E-state index is 11.2. The number of fused-ring (bicyclic) bond motifs is 1. The van der Waals surface area contributed by atoms with E-state index in [9.17, 15) is 16.8 Å². The molecular formula is C7H6O6S2. The van der Waals surface area contributed by atoms with Crippen molar-refractivity contribution in [2.45, 2.75) is 0 Å². The average molecular weight is 250 g/mol. The molecule has 0 spiro atoms. The Bertz CT molecular complexity index is 533. The third-order valence-electron chi connectivity index (χ3n) is 1.57. The third-order valence-corrected chi connectivity index (χ3v) is 4.75. The van der Waals surface area contributed by atoms with Gasteiger partial charge < -0.3 is 8.37 Å². The number of rotatable bonds is 0. The highest BCUT2D eigenvalue weighted by Gasteiger charge is 2.31. The standard InChI is InChI=1S/C7H6O6S2/c8-14(9)5-15(10,11)13-7-4-2-1-3-6(7)12-14/h1-4H,5H2. The van der Waals surface area contributed by atoms with Crippen molar-refractivity contribution in [1.82, 2.24) is 0 Å². The molecule has 0 fully saturated rings. The second kappa shape index (κ2) is 3.11. The van der Waals surface area contributed by atoms with Crippen LogP contribution in [0, 0.1) is 0 Å². The van der Waals surface area contributed by atoms with Gasteiger partial charge in [0.25, 0.3) is 0 Å². The minimum atomic E-state index is -4.15. The summed E-state index contributed by atoms with van der Waals surface area (Å²) in [6.07, 6.45) is 0. The van der Waals surface area contributed by atoms with E-state index in [4.69, 9.17) is 0 Å². The van der Waals surface area contributed by atoms with Crippen LogP contribution in [0.1, 0.15) is 0 Å². The molecule has 1 aliphatic heterocycles. The first kappa shape index (κ1) is 10.2. The molecule has 0 aliphatic carbocycles. The van der Waals surface area contributed by atoms with Crippen molar-refractivity contribution in [2.75, 3.05) is 5.08 Å². The highest BCUT2D eigenvalue weighted by atomic mass is 32.3. The molecule has 8 heteroatoms. The predicted molar refractivity (Wildman–Crippen MR) is 50.4 cm³/mol. The topological polar surface area (TPSA) is 86.7 Å². The normalized spacial score (nSPS) is 21.6. The van der Waals surface area contributed by atoms with Crippen LogP contribution in [0.2, 0.25) is 0 Å². The fourth-order valence-corrected chi connectivity index (χ4v) is 3.71. The summed E-state index contributed by atoms with van der Waals surface area (Å²) < 4.78 is 53.8. The maximum atomic E-state index is 11.2. The summed E-state index contributed by atoms with van der Waals surface area (Å²) in [4.78, 5) is 0. The summed E-state index contributed by atoms with van der Waals surface area (Å²) in [5, 5.41) is -1.19. The molecule has 0 saturated heterocycles. The monoisotopic (exact) mass is 250 g/mol. The van der Waals surface area contributed by atoms with Crippen molar-refractivity contribution in [3.63, 3.8) is 0 Å². The van der Waals surface area contributed by atoms with E-state index in [1.165, 1.54) is 24.3 Å². The zero-order valence-electron chi connectivity index (χ0n) is 7.28. The van der Waals surface area contributed by atoms with Crippen molar-refractivity contribution in [1.29, 1.82) is 0 Å². The van der Waals surface area contributed by atoms with Crippen LogP contribution in [-0.4, -0.2) is 21.9 Å². The summed E-state index contributed by atoms with van der Waals surface area (Å²) in [6.45, 7) is 0. The molecule has 0 N–H and O–H groups in total. The Morgan fingerprint density at radius 1 is 0.867 bits per heavy atom. The van der Waals surface area contributed by atoms with Crippen LogP contribution in [0.15, 0.2) is 24.3 Å². The molecule has 15 heavy (non-hydrogen) atoms. The third kappa shape index (κ3) is 2.21. The van der Waals surface area contributed by atoms with Crippen LogP contribution in [-0.2, 0) is 20.2 Å². The Kier molecular flexibility index (Phi) is 2.12. The van der Waals surface area contributed by atoms with Gasteiger partial charge in [-0.3, -0.25) is 0 Å². The van der Waals surface area contributed by atoms with Gasteiger partial charge in [0, 0.05) is 0 Å². The van der Waals surface area contributed by atoms with Crippen molar-refractivity contribution >= 4 is 20.2 Å². The molecule has 1 aromatic carbocycles. The molecule has 0 saturated carbocycles. The second-order valence-electron chi connectivity index (χ2n) is 2.85. The predicted octanol–water partition coefficient (Wildman–Crippen LogP) is 0.0749. The SMILES string of the molecule is O=S1(=O)CS(=O)(=O)Oc2ccccc2O1. The van der Waals surface area contributed by atoms with Gasteiger partial charge in [-0.1, -0.05) is 12.1 Å². The van der Waals surface area contributed by atoms with Gasteiger partial charge in [0.1, 0.15) is 0 Å². The van der Waals surface area contributed by atoms with Crippen molar-refractivity contribution in [3.05, 3.63) is 24.3 Å². The smallest absolute Gasteiger partial charge is 0.327 e. The lowest BCUT2D eigenvalue weighted by molar-refractivity contribution is 0.472. The molecule has 82 valence electrons. The molecule has 2 rings (SSSR count). The van der Waals surface area contributed by atoms with Gasteiger partial charge in [-0.05, 0) is 12.1 Å². The summed E-state index contributed by atoms with van der Waals surface area (Å²) in [6, 6.07) is 5.65. The Labute approximate surface area is 86.7 Å². The van der Waals surface area contributed by atoms with E-state index in [1.54, 1.807) is 0 Å². The maximum Gasteiger partial charge on any atom is 0.327 e. The summed E-state index contributed by atoms with van der Waals surface area (Å²) >= 11 is 0. The molecule has 0 radical (unpaired) electrons. The summed E-state index contributed by atoms with van der Waals surface area (Å²) in [5.41, 5.74) is 0. The van der Waals surface area contributed by atoms with Crippen LogP contribution >= 0.6 is 0 Å². The fourth-order valence-electron chi connectivity index (χ4n) is 1.09. The van der Waals surface area contributed by atoms with E-state index in [0.29, 0.717) is 0 Å². The average Bonchev–Trinajstić information content (AvgIpc) is 2.13. The van der Waals surface area contributed by atoms with E-state index in [0.717, 1.165) is 0 Å². The Morgan fingerprint density at radius 2 is 1.27 bits per heavy atom. The summed E-state index contributed by atoms with van der Waals surface area (Å²) in [7, 11) is -8.31. The van der Waals surface area contributed by atoms with E-state index in [2.05, 4.69) is 8.37 Å². The minimum absolute atomic E-state index is 0.126. The lowest BCUT2D eigenvalue weighted by Gasteiger charge is -2.02. The molecule has 0 amide bonds. The molecule has 0 atom stereocenters. The van der Waals surface area contributed by atoms with Crippen molar-refractivity contribution < 1.29 is 25.2 Å². The largest absolute Gasteiger partial charge is 0.378 e. The van der Waals surface area contributed by atoms with Gasteiger partial charge in [-0.2, -0.15) is 16.8 Å². The van der Waals surface area contributed by atoms with E-state index >= 15 is 0 Å². The molecule has 0 aromatic heterocycles. The van der Waals surface area contributed by atoms with E-state index in [-0.39, 0.29) is 11.5 Å². The van der Waals surface area contributed by atoms with Gasteiger partial charge in [0.15, 0.2) is 11.5 Å². The first-order chi connectivity index (χ1) is 6.88. The zero-order valence-corrected chi connectivity index (χ0v) is 8.92. The quantitative estimate of drug-likeness (QED) is 0.606. The first-order valence-electron chi connectivity index (χ1n) is 3.81. The Balaban J connectivity index is 2.64. The molecule has 0 unspecified atom stereocenters. The van der Waals surface area contributed by atoms with Gasteiger partial charge in [0.2, 0.25) is 5.08 Å². The molecule has 1 aliphatic rings. The van der Waals surface area contributed by atoms with E-state index in [1.807, 2.05) is 0 Å². The lowest BCUT2D eigenvalue weighted by Crippen LogP contribution is -2.21. The van der Waals surface area contributed by atoms with Crippen LogP contribution in [0.5, 0.6) is 11.5 Å². The Morgan fingerprint density at radius 3 is 1.67 bits per heavy atom. The van der Waals surface area contributed by atoms with Crippen molar-refractivity contribution in [3.8, 4) is 11.5 Å². The van der Waals surface area contributed by atoms with Gasteiger partial charge in [-0.15, -0.1) is 0 Å². The summed E-state index contributed by atoms with van der Waals surface area (Å²) in [5.74, 6) is -0.253. The number of hydrogen-bond donors (Lipinski definition) is 0. The van der Waals surface area contributed by atoms with Crippen molar-refractivity contribution in [2.24, 2.45) is 0 Å². The molecule has 0 bridgehead atoms. The van der Waals surface area contributed by atoms with Crippen LogP contribution in [0.3, 0.4) is 0 Å². The fraction of sp³-hybridized carbons (Fsp3) is 0.143. The number of hydrogen-bond acceptors (Lipinski definition) is 6. The van der Waals surface area contributed by atoms with Gasteiger partial charge in [0.05, 0.1) is 0 Å². The highest BCUT2D eigenvalue weighted by Crippen LogP contribution is 2.31. The van der Waals surface area contributed by atoms with E-state index < -0.39 is 25.3 Å². The molecule has 6 nitrogen and oxygen atoms in total. The van der Waals surface area contributed by atoms with Crippen LogP contribution in [0.25, 0.3) is 0 Å². The molecular weight excluding hydrogens is 244 g/mol. The van der Waals surface area contributed by atoms with Crippen LogP contribution in [0.4, 0.5) is 0 Å². The Hall–Kier alpha value is -1.28. The number of benzene rings is 1. The molecule has 1 heterocycles. The van der Waals surface area contributed by atoms with Gasteiger partial charge >= 0.3 is 20.2 Å². The highest BCUT2D eigenvalue weighted by molar-refractivity contribution is 8.04. The first-order valence-corrected chi connectivity index (χ1v) is 6.97. The second-order valence-corrected chi connectivity index (χ2v) is 6.35. The van der Waals surface area contributed by atoms with Gasteiger partial charge in [-0.25, -0.2) is 0 Å². The lowest BCUT2D eigenvalue weighted by atomic mass is 10.3. The van der Waals surface area contributed by atoms with Crippen LogP contribution < -0.4 is 8.37 Å².